The summed E-state index contributed by atoms with van der Waals surface area (Å²) in [7, 11) is 0. The van der Waals surface area contributed by atoms with Crippen molar-refractivity contribution in [2.24, 2.45) is 0 Å². The van der Waals surface area contributed by atoms with E-state index >= 15 is 0 Å². The minimum Gasteiger partial charge on any atom is -0.508 e. The van der Waals surface area contributed by atoms with Gasteiger partial charge in [-0.25, -0.2) is 0 Å². The Balaban J connectivity index is 1.83. The number of rotatable bonds is 5. The number of phenolic OH excluding ortho intramolecular Hbond substituents is 2. The van der Waals surface area contributed by atoms with Crippen molar-refractivity contribution in [3.05, 3.63) is 41.2 Å². The summed E-state index contributed by atoms with van der Waals surface area (Å²) in [5, 5.41) is 25.8. The molecule has 21 heavy (non-hydrogen) atoms. The van der Waals surface area contributed by atoms with Gasteiger partial charge in [0, 0.05) is 30.4 Å². The first-order chi connectivity index (χ1) is 9.95. The van der Waals surface area contributed by atoms with Crippen molar-refractivity contribution in [2.45, 2.75) is 26.8 Å². The van der Waals surface area contributed by atoms with Crippen molar-refractivity contribution in [2.75, 3.05) is 6.54 Å². The van der Waals surface area contributed by atoms with E-state index in [-0.39, 0.29) is 23.0 Å². The minimum atomic E-state index is -0.324. The molecule has 0 bridgehead atoms. The molecule has 1 heterocycles. The Hall–Kier alpha value is -2.50. The van der Waals surface area contributed by atoms with Gasteiger partial charge in [-0.2, -0.15) is 5.10 Å². The molecule has 2 rings (SSSR count). The number of aromatic hydroxyl groups is 2. The van der Waals surface area contributed by atoms with Crippen LogP contribution in [0.5, 0.6) is 11.5 Å². The molecule has 0 aliphatic heterocycles. The lowest BCUT2D eigenvalue weighted by atomic mass is 10.2. The molecule has 112 valence electrons. The first kappa shape index (κ1) is 14.9. The second-order valence-corrected chi connectivity index (χ2v) is 5.00. The molecule has 0 aliphatic carbocycles. The van der Waals surface area contributed by atoms with Gasteiger partial charge in [-0.15, -0.1) is 0 Å². The van der Waals surface area contributed by atoms with Crippen LogP contribution in [-0.2, 0) is 6.54 Å². The second-order valence-electron chi connectivity index (χ2n) is 5.00. The standard InChI is InChI=1S/C15H19N3O3/c1-10-6-11(2)18(17-10)5-3-4-16-15(21)12-7-13(19)9-14(20)8-12/h6-9,19-20H,3-5H2,1-2H3,(H,16,21). The van der Waals surface area contributed by atoms with Gasteiger partial charge in [0.1, 0.15) is 11.5 Å². The van der Waals surface area contributed by atoms with Crippen LogP contribution in [0.25, 0.3) is 0 Å². The number of phenols is 2. The molecule has 6 heteroatoms. The maximum Gasteiger partial charge on any atom is 0.251 e. The monoisotopic (exact) mass is 289 g/mol. The maximum absolute atomic E-state index is 11.9. The Labute approximate surface area is 123 Å². The number of benzene rings is 1. The highest BCUT2D eigenvalue weighted by Gasteiger charge is 2.08. The molecular weight excluding hydrogens is 270 g/mol. The number of nitrogens with one attached hydrogen (secondary N) is 1. The topological polar surface area (TPSA) is 87.4 Å². The lowest BCUT2D eigenvalue weighted by molar-refractivity contribution is 0.0951. The molecule has 2 aromatic rings. The van der Waals surface area contributed by atoms with Gasteiger partial charge < -0.3 is 15.5 Å². The Morgan fingerprint density at radius 2 is 1.86 bits per heavy atom. The van der Waals surface area contributed by atoms with E-state index in [1.807, 2.05) is 24.6 Å². The molecule has 0 atom stereocenters. The Morgan fingerprint density at radius 3 is 2.43 bits per heavy atom. The summed E-state index contributed by atoms with van der Waals surface area (Å²) in [5.74, 6) is -0.597. The third-order valence-electron chi connectivity index (χ3n) is 3.10. The Kier molecular flexibility index (Phi) is 4.47. The largest absolute Gasteiger partial charge is 0.508 e. The molecule has 0 aliphatic rings. The van der Waals surface area contributed by atoms with Crippen LogP contribution in [0.4, 0.5) is 0 Å². The number of amides is 1. The number of hydrogen-bond acceptors (Lipinski definition) is 4. The molecule has 1 amide bonds. The van der Waals surface area contributed by atoms with Crippen LogP contribution < -0.4 is 5.32 Å². The summed E-state index contributed by atoms with van der Waals surface area (Å²) in [4.78, 5) is 11.9. The van der Waals surface area contributed by atoms with Gasteiger partial charge in [0.25, 0.3) is 5.91 Å². The molecule has 3 N–H and O–H groups in total. The quantitative estimate of drug-likeness (QED) is 0.732. The van der Waals surface area contributed by atoms with Crippen molar-refractivity contribution >= 4 is 5.91 Å². The lowest BCUT2D eigenvalue weighted by Crippen LogP contribution is -2.25. The number of nitrogens with zero attached hydrogens (tertiary/aromatic N) is 2. The predicted octanol–water partition coefficient (Wildman–Crippen LogP) is 1.73. The average Bonchev–Trinajstić information content (AvgIpc) is 2.71. The van der Waals surface area contributed by atoms with E-state index in [1.165, 1.54) is 18.2 Å². The van der Waals surface area contributed by atoms with Crippen LogP contribution in [0, 0.1) is 13.8 Å². The van der Waals surface area contributed by atoms with Gasteiger partial charge in [0.05, 0.1) is 5.69 Å². The molecule has 0 saturated heterocycles. The predicted molar refractivity (Wildman–Crippen MR) is 78.4 cm³/mol. The second kappa shape index (κ2) is 6.30. The van der Waals surface area contributed by atoms with Gasteiger partial charge in [-0.05, 0) is 38.5 Å². The fourth-order valence-electron chi connectivity index (χ4n) is 2.16. The van der Waals surface area contributed by atoms with E-state index in [1.54, 1.807) is 0 Å². The lowest BCUT2D eigenvalue weighted by Gasteiger charge is -2.07. The molecule has 0 radical (unpaired) electrons. The molecule has 0 saturated carbocycles. The van der Waals surface area contributed by atoms with E-state index in [9.17, 15) is 15.0 Å². The summed E-state index contributed by atoms with van der Waals surface area (Å²) in [6, 6.07) is 5.82. The molecule has 0 fully saturated rings. The number of carbonyl (C=O) groups excluding carboxylic acids is 1. The SMILES string of the molecule is Cc1cc(C)n(CCCNC(=O)c2cc(O)cc(O)c2)n1. The van der Waals surface area contributed by atoms with Crippen molar-refractivity contribution in [1.29, 1.82) is 0 Å². The van der Waals surface area contributed by atoms with Crippen molar-refractivity contribution in [3.8, 4) is 11.5 Å². The highest BCUT2D eigenvalue weighted by molar-refractivity contribution is 5.94. The fraction of sp³-hybridized carbons (Fsp3) is 0.333. The van der Waals surface area contributed by atoms with Crippen LogP contribution in [0.2, 0.25) is 0 Å². The maximum atomic E-state index is 11.9. The number of hydrogen-bond donors (Lipinski definition) is 3. The molecule has 0 spiro atoms. The number of aromatic nitrogens is 2. The van der Waals surface area contributed by atoms with Crippen LogP contribution in [0.1, 0.15) is 28.2 Å². The third kappa shape index (κ3) is 3.98. The number of carbonyl (C=O) groups is 1. The van der Waals surface area contributed by atoms with E-state index in [0.29, 0.717) is 6.54 Å². The first-order valence-electron chi connectivity index (χ1n) is 6.78. The van der Waals surface area contributed by atoms with Crippen LogP contribution >= 0.6 is 0 Å². The molecule has 1 aromatic heterocycles. The smallest absolute Gasteiger partial charge is 0.251 e. The Bertz CT molecular complexity index is 629. The Morgan fingerprint density at radius 1 is 1.19 bits per heavy atom. The van der Waals surface area contributed by atoms with Crippen molar-refractivity contribution in [3.63, 3.8) is 0 Å². The van der Waals surface area contributed by atoms with Crippen molar-refractivity contribution in [1.82, 2.24) is 15.1 Å². The minimum absolute atomic E-state index is 0.136. The molecule has 0 unspecified atom stereocenters. The van der Waals surface area contributed by atoms with E-state index < -0.39 is 0 Å². The summed E-state index contributed by atoms with van der Waals surface area (Å²) in [5.41, 5.74) is 2.31. The zero-order valence-corrected chi connectivity index (χ0v) is 12.1. The van der Waals surface area contributed by atoms with Crippen LogP contribution in [0.3, 0.4) is 0 Å². The van der Waals surface area contributed by atoms with E-state index in [2.05, 4.69) is 10.4 Å². The zero-order valence-electron chi connectivity index (χ0n) is 12.1. The highest BCUT2D eigenvalue weighted by atomic mass is 16.3. The van der Waals surface area contributed by atoms with Crippen LogP contribution in [-0.4, -0.2) is 32.4 Å². The summed E-state index contributed by atoms with van der Waals surface area (Å²) in [6.45, 7) is 5.16. The first-order valence-corrected chi connectivity index (χ1v) is 6.78. The van der Waals surface area contributed by atoms with Gasteiger partial charge in [-0.1, -0.05) is 0 Å². The summed E-state index contributed by atoms with van der Waals surface area (Å²) < 4.78 is 1.90. The fourth-order valence-corrected chi connectivity index (χ4v) is 2.16. The highest BCUT2D eigenvalue weighted by Crippen LogP contribution is 2.20. The molecule has 6 nitrogen and oxygen atoms in total. The van der Waals surface area contributed by atoms with Gasteiger partial charge in [0.2, 0.25) is 0 Å². The zero-order chi connectivity index (χ0) is 15.4. The van der Waals surface area contributed by atoms with Gasteiger partial charge >= 0.3 is 0 Å². The molecule has 1 aromatic carbocycles. The normalized spacial score (nSPS) is 10.6. The summed E-state index contributed by atoms with van der Waals surface area (Å²) >= 11 is 0. The summed E-state index contributed by atoms with van der Waals surface area (Å²) in [6.07, 6.45) is 0.749. The van der Waals surface area contributed by atoms with E-state index in [4.69, 9.17) is 0 Å². The van der Waals surface area contributed by atoms with Gasteiger partial charge in [0.15, 0.2) is 0 Å². The van der Waals surface area contributed by atoms with Crippen molar-refractivity contribution < 1.29 is 15.0 Å². The molecular formula is C15H19N3O3. The average molecular weight is 289 g/mol. The number of aryl methyl sites for hydroxylation is 3. The third-order valence-corrected chi connectivity index (χ3v) is 3.10. The van der Waals surface area contributed by atoms with Gasteiger partial charge in [-0.3, -0.25) is 9.48 Å². The van der Waals surface area contributed by atoms with E-state index in [0.717, 1.165) is 24.4 Å². The van der Waals surface area contributed by atoms with Crippen LogP contribution in [0.15, 0.2) is 24.3 Å².